The topological polar surface area (TPSA) is 54.2 Å². The minimum Gasteiger partial charge on any atom is -0.389 e. The van der Waals surface area contributed by atoms with Crippen molar-refractivity contribution in [3.05, 3.63) is 23.9 Å². The summed E-state index contributed by atoms with van der Waals surface area (Å²) in [6.07, 6.45) is 2.79. The van der Waals surface area contributed by atoms with Crippen molar-refractivity contribution >= 4 is 23.0 Å². The van der Waals surface area contributed by atoms with Crippen molar-refractivity contribution in [2.24, 2.45) is 5.73 Å². The third-order valence-electron chi connectivity index (χ3n) is 2.13. The Morgan fingerprint density at radius 3 is 2.94 bits per heavy atom. The molecule has 1 aromatic rings. The van der Waals surface area contributed by atoms with Crippen LogP contribution in [-0.4, -0.2) is 42.1 Å². The predicted molar refractivity (Wildman–Crippen MR) is 71.8 cm³/mol. The molecule has 1 heterocycles. The Hall–Kier alpha value is -1.20. The zero-order valence-corrected chi connectivity index (χ0v) is 10.5. The number of nitrogens with zero attached hydrogens (tertiary/aromatic N) is 2. The quantitative estimate of drug-likeness (QED) is 0.574. The van der Waals surface area contributed by atoms with Crippen LogP contribution in [0.3, 0.4) is 0 Å². The van der Waals surface area contributed by atoms with Gasteiger partial charge in [0.25, 0.3) is 0 Å². The highest BCUT2D eigenvalue weighted by molar-refractivity contribution is 7.80. The lowest BCUT2D eigenvalue weighted by molar-refractivity contribution is 0.405. The highest BCUT2D eigenvalue weighted by Crippen LogP contribution is 2.06. The second-order valence-electron chi connectivity index (χ2n) is 3.88. The maximum absolute atomic E-state index is 5.55. The van der Waals surface area contributed by atoms with E-state index >= 15 is 0 Å². The van der Waals surface area contributed by atoms with Crippen molar-refractivity contribution in [1.82, 2.24) is 9.88 Å². The summed E-state index contributed by atoms with van der Waals surface area (Å²) in [5, 5.41) is 3.24. The van der Waals surface area contributed by atoms with Gasteiger partial charge in [0.1, 0.15) is 10.8 Å². The summed E-state index contributed by atoms with van der Waals surface area (Å²) in [4.78, 5) is 6.75. The first-order valence-electron chi connectivity index (χ1n) is 5.24. The van der Waals surface area contributed by atoms with E-state index in [1.165, 1.54) is 0 Å². The van der Waals surface area contributed by atoms with E-state index in [1.54, 1.807) is 6.20 Å². The largest absolute Gasteiger partial charge is 0.389 e. The summed E-state index contributed by atoms with van der Waals surface area (Å²) >= 11 is 4.91. The number of pyridine rings is 1. The summed E-state index contributed by atoms with van der Waals surface area (Å²) in [5.74, 6) is 0.823. The maximum Gasteiger partial charge on any atom is 0.126 e. The average molecular weight is 238 g/mol. The minimum atomic E-state index is 0.402. The number of nitrogens with one attached hydrogen (secondary N) is 1. The zero-order valence-electron chi connectivity index (χ0n) is 9.73. The Bertz CT molecular complexity index is 352. The number of anilines is 1. The van der Waals surface area contributed by atoms with Crippen LogP contribution in [0.25, 0.3) is 0 Å². The molecule has 0 atom stereocenters. The molecule has 0 radical (unpaired) electrons. The van der Waals surface area contributed by atoms with Gasteiger partial charge in [0.05, 0.1) is 0 Å². The van der Waals surface area contributed by atoms with E-state index in [1.807, 2.05) is 12.1 Å². The molecule has 0 saturated heterocycles. The van der Waals surface area contributed by atoms with Gasteiger partial charge >= 0.3 is 0 Å². The van der Waals surface area contributed by atoms with Crippen LogP contribution in [0.1, 0.15) is 12.0 Å². The molecule has 3 N–H and O–H groups in total. The molecular formula is C11H18N4S. The molecule has 0 aromatic carbocycles. The average Bonchev–Trinajstić information content (AvgIpc) is 2.24. The van der Waals surface area contributed by atoms with Crippen LogP contribution < -0.4 is 11.1 Å². The molecule has 0 aliphatic heterocycles. The Morgan fingerprint density at radius 1 is 1.56 bits per heavy atom. The minimum absolute atomic E-state index is 0.402. The first kappa shape index (κ1) is 12.9. The second-order valence-corrected chi connectivity index (χ2v) is 4.32. The van der Waals surface area contributed by atoms with Gasteiger partial charge in [-0.3, -0.25) is 0 Å². The van der Waals surface area contributed by atoms with Crippen LogP contribution in [0.5, 0.6) is 0 Å². The smallest absolute Gasteiger partial charge is 0.126 e. The fourth-order valence-corrected chi connectivity index (χ4v) is 1.42. The molecule has 4 nitrogen and oxygen atoms in total. The summed E-state index contributed by atoms with van der Waals surface area (Å²) in [5.41, 5.74) is 6.39. The van der Waals surface area contributed by atoms with Crippen molar-refractivity contribution in [3.8, 4) is 0 Å². The second kappa shape index (κ2) is 6.40. The molecule has 0 amide bonds. The van der Waals surface area contributed by atoms with Gasteiger partial charge in [-0.2, -0.15) is 0 Å². The van der Waals surface area contributed by atoms with E-state index in [4.69, 9.17) is 18.0 Å². The lowest BCUT2D eigenvalue weighted by Crippen LogP contribution is -2.17. The predicted octanol–water partition coefficient (Wildman–Crippen LogP) is 1.08. The van der Waals surface area contributed by atoms with Gasteiger partial charge in [0, 0.05) is 18.3 Å². The van der Waals surface area contributed by atoms with E-state index in [-0.39, 0.29) is 0 Å². The molecule has 88 valence electrons. The molecule has 0 aliphatic rings. The Balaban J connectivity index is 2.42. The Labute approximate surface area is 102 Å². The fourth-order valence-electron chi connectivity index (χ4n) is 1.29. The monoisotopic (exact) mass is 238 g/mol. The molecular weight excluding hydrogens is 220 g/mol. The van der Waals surface area contributed by atoms with Gasteiger partial charge in [0.2, 0.25) is 0 Å². The first-order valence-corrected chi connectivity index (χ1v) is 5.65. The highest BCUT2D eigenvalue weighted by atomic mass is 32.1. The van der Waals surface area contributed by atoms with E-state index in [9.17, 15) is 0 Å². The van der Waals surface area contributed by atoms with Gasteiger partial charge < -0.3 is 16.0 Å². The first-order chi connectivity index (χ1) is 7.59. The molecule has 1 aromatic heterocycles. The molecule has 0 unspecified atom stereocenters. The van der Waals surface area contributed by atoms with Crippen LogP contribution in [0.15, 0.2) is 18.3 Å². The normalized spacial score (nSPS) is 10.4. The molecule has 0 aliphatic carbocycles. The van der Waals surface area contributed by atoms with Gasteiger partial charge in [-0.05, 0) is 39.2 Å². The number of hydrogen-bond donors (Lipinski definition) is 2. The van der Waals surface area contributed by atoms with Crippen LogP contribution in [0.4, 0.5) is 5.82 Å². The Morgan fingerprint density at radius 2 is 2.31 bits per heavy atom. The number of hydrogen-bond acceptors (Lipinski definition) is 4. The van der Waals surface area contributed by atoms with Crippen LogP contribution in [-0.2, 0) is 0 Å². The lowest BCUT2D eigenvalue weighted by atomic mass is 10.2. The number of rotatable bonds is 6. The zero-order chi connectivity index (χ0) is 12.0. The van der Waals surface area contributed by atoms with Gasteiger partial charge in [0.15, 0.2) is 0 Å². The lowest BCUT2D eigenvalue weighted by Gasteiger charge is -2.10. The third kappa shape index (κ3) is 4.55. The van der Waals surface area contributed by atoms with E-state index < -0.39 is 0 Å². The van der Waals surface area contributed by atoms with Crippen molar-refractivity contribution in [1.29, 1.82) is 0 Å². The molecule has 16 heavy (non-hydrogen) atoms. The Kier molecular flexibility index (Phi) is 5.14. The van der Waals surface area contributed by atoms with Crippen LogP contribution in [0.2, 0.25) is 0 Å². The van der Waals surface area contributed by atoms with Crippen molar-refractivity contribution in [3.63, 3.8) is 0 Å². The van der Waals surface area contributed by atoms with Crippen molar-refractivity contribution < 1.29 is 0 Å². The van der Waals surface area contributed by atoms with Gasteiger partial charge in [-0.25, -0.2) is 4.98 Å². The van der Waals surface area contributed by atoms with Crippen LogP contribution >= 0.6 is 12.2 Å². The number of thiocarbonyl (C=S) groups is 1. The number of nitrogens with two attached hydrogens (primary N) is 1. The summed E-state index contributed by atoms with van der Waals surface area (Å²) in [6.45, 7) is 1.95. The van der Waals surface area contributed by atoms with E-state index in [0.717, 1.165) is 30.9 Å². The summed E-state index contributed by atoms with van der Waals surface area (Å²) in [6, 6.07) is 3.69. The van der Waals surface area contributed by atoms with E-state index in [0.29, 0.717) is 4.99 Å². The van der Waals surface area contributed by atoms with Gasteiger partial charge in [-0.1, -0.05) is 12.2 Å². The maximum atomic E-state index is 5.55. The molecule has 0 saturated carbocycles. The third-order valence-corrected chi connectivity index (χ3v) is 2.37. The fraction of sp³-hybridized carbons (Fsp3) is 0.455. The molecule has 1 rings (SSSR count). The highest BCUT2D eigenvalue weighted by Gasteiger charge is 1.99. The molecule has 0 fully saturated rings. The van der Waals surface area contributed by atoms with Crippen LogP contribution in [0, 0.1) is 0 Å². The number of aromatic nitrogens is 1. The SMILES string of the molecule is CN(C)CCCNc1cc(C(N)=S)ccn1. The molecule has 0 bridgehead atoms. The van der Waals surface area contributed by atoms with Gasteiger partial charge in [-0.15, -0.1) is 0 Å². The molecule has 0 spiro atoms. The van der Waals surface area contributed by atoms with Crippen molar-refractivity contribution in [2.75, 3.05) is 32.5 Å². The van der Waals surface area contributed by atoms with Crippen molar-refractivity contribution in [2.45, 2.75) is 6.42 Å². The molecule has 5 heteroatoms. The van der Waals surface area contributed by atoms with E-state index in [2.05, 4.69) is 29.3 Å². The summed E-state index contributed by atoms with van der Waals surface area (Å²) < 4.78 is 0. The standard InChI is InChI=1S/C11H18N4S/c1-15(2)7-3-5-13-10-8-9(11(12)16)4-6-14-10/h4,6,8H,3,5,7H2,1-2H3,(H2,12,16)(H,13,14). The summed E-state index contributed by atoms with van der Waals surface area (Å²) in [7, 11) is 4.12.